The zero-order chi connectivity index (χ0) is 23.5. The van der Waals surface area contributed by atoms with Crippen molar-refractivity contribution in [3.05, 3.63) is 65.9 Å². The number of ether oxygens (including phenoxy) is 2. The molecule has 2 N–H and O–H groups in total. The molecule has 2 aliphatic heterocycles. The fourth-order valence-corrected chi connectivity index (χ4v) is 4.41. The Balaban J connectivity index is 1.35. The molecule has 8 nitrogen and oxygen atoms in total. The summed E-state index contributed by atoms with van der Waals surface area (Å²) in [4.78, 5) is 21.3. The summed E-state index contributed by atoms with van der Waals surface area (Å²) in [6.45, 7) is 5.57. The monoisotopic (exact) mass is 460 g/mol. The van der Waals surface area contributed by atoms with Crippen molar-refractivity contribution in [2.75, 3.05) is 49.3 Å². The summed E-state index contributed by atoms with van der Waals surface area (Å²) < 4.78 is 11.4. The Morgan fingerprint density at radius 3 is 2.65 bits per heavy atom. The first-order valence-corrected chi connectivity index (χ1v) is 11.5. The van der Waals surface area contributed by atoms with Gasteiger partial charge in [0.05, 0.1) is 6.61 Å². The number of nitrogens with one attached hydrogen (secondary N) is 1. The van der Waals surface area contributed by atoms with Crippen molar-refractivity contribution in [3.63, 3.8) is 0 Å². The van der Waals surface area contributed by atoms with Gasteiger partial charge in [0.25, 0.3) is 0 Å². The molecule has 8 heteroatoms. The Kier molecular flexibility index (Phi) is 6.33. The Bertz CT molecular complexity index is 1180. The molecule has 0 aliphatic carbocycles. The van der Waals surface area contributed by atoms with Crippen LogP contribution in [0.3, 0.4) is 0 Å². The number of hydrogen-bond acceptors (Lipinski definition) is 6. The van der Waals surface area contributed by atoms with Gasteiger partial charge in [0.2, 0.25) is 0 Å². The highest BCUT2D eigenvalue weighted by atomic mass is 16.6. The van der Waals surface area contributed by atoms with Crippen LogP contribution in [-0.2, 0) is 6.54 Å². The molecule has 1 aromatic heterocycles. The lowest BCUT2D eigenvalue weighted by Gasteiger charge is -2.22. The minimum Gasteiger partial charge on any atom is -0.486 e. The van der Waals surface area contributed by atoms with Crippen LogP contribution in [0.2, 0.25) is 0 Å². The Morgan fingerprint density at radius 1 is 1.03 bits per heavy atom. The van der Waals surface area contributed by atoms with E-state index in [2.05, 4.69) is 16.4 Å². The molecule has 0 unspecified atom stereocenters. The molecular weight excluding hydrogens is 432 g/mol. The first-order chi connectivity index (χ1) is 16.7. The highest BCUT2D eigenvalue weighted by molar-refractivity contribution is 6.06. The first kappa shape index (κ1) is 22.2. The van der Waals surface area contributed by atoms with E-state index in [9.17, 15) is 4.79 Å². The minimum absolute atomic E-state index is 0.0823. The van der Waals surface area contributed by atoms with Crippen LogP contribution in [0.25, 0.3) is 11.1 Å². The number of hydrogen-bond donors (Lipinski definition) is 2. The maximum absolute atomic E-state index is 13.3. The third-order valence-electron chi connectivity index (χ3n) is 6.16. The van der Waals surface area contributed by atoms with E-state index in [1.807, 2.05) is 54.3 Å². The van der Waals surface area contributed by atoms with Crippen LogP contribution in [0.4, 0.5) is 16.3 Å². The Morgan fingerprint density at radius 2 is 1.85 bits per heavy atom. The summed E-state index contributed by atoms with van der Waals surface area (Å²) in [5, 5.41) is 12.0. The number of carbonyl (C=O) groups is 1. The normalized spacial score (nSPS) is 15.2. The first-order valence-electron chi connectivity index (χ1n) is 11.5. The van der Waals surface area contributed by atoms with Gasteiger partial charge in [-0.15, -0.1) is 0 Å². The number of pyridine rings is 1. The summed E-state index contributed by atoms with van der Waals surface area (Å²) >= 11 is 0. The average Bonchev–Trinajstić information content (AvgIpc) is 3.25. The smallest absolute Gasteiger partial charge is 0.330 e. The van der Waals surface area contributed by atoms with Crippen LogP contribution in [0.15, 0.2) is 54.7 Å². The fraction of sp³-hybridized carbons (Fsp3) is 0.308. The van der Waals surface area contributed by atoms with Crippen LogP contribution in [0.5, 0.6) is 11.5 Å². The van der Waals surface area contributed by atoms with Gasteiger partial charge in [-0.3, -0.25) is 9.80 Å². The molecule has 5 rings (SSSR count). The van der Waals surface area contributed by atoms with E-state index >= 15 is 0 Å². The predicted octanol–water partition coefficient (Wildman–Crippen LogP) is 3.36. The number of carbonyl (C=O) groups excluding carboxylic acids is 1. The summed E-state index contributed by atoms with van der Waals surface area (Å²) in [5.74, 6) is 2.15. The number of aromatic nitrogens is 1. The van der Waals surface area contributed by atoms with Crippen LogP contribution >= 0.6 is 0 Å². The number of aliphatic hydroxyl groups is 1. The molecule has 3 aromatic rings. The zero-order valence-electron chi connectivity index (χ0n) is 19.2. The van der Waals surface area contributed by atoms with Gasteiger partial charge in [0, 0.05) is 38.1 Å². The molecule has 176 valence electrons. The van der Waals surface area contributed by atoms with Crippen molar-refractivity contribution in [1.29, 1.82) is 0 Å². The lowest BCUT2D eigenvalue weighted by atomic mass is 9.98. The number of amides is 2. The standard InChI is InChI=1S/C26H28N4O4/c1-18-21(20-6-7-23-24(15-20)34-14-13-33-23)3-2-4-22(18)29-10-11-30(26(29)32)25-8-5-19(17-28-25)16-27-9-12-31/h2-8,15,17,27,31H,9-14,16H2,1H3. The van der Waals surface area contributed by atoms with Crippen molar-refractivity contribution in [3.8, 4) is 22.6 Å². The third kappa shape index (κ3) is 4.30. The van der Waals surface area contributed by atoms with Gasteiger partial charge in [-0.25, -0.2) is 9.78 Å². The van der Waals surface area contributed by atoms with E-state index in [1.54, 1.807) is 11.1 Å². The topological polar surface area (TPSA) is 87.2 Å². The minimum atomic E-state index is -0.0823. The maximum atomic E-state index is 13.3. The number of urea groups is 1. The predicted molar refractivity (Wildman–Crippen MR) is 131 cm³/mol. The van der Waals surface area contributed by atoms with E-state index in [-0.39, 0.29) is 12.6 Å². The van der Waals surface area contributed by atoms with Crippen molar-refractivity contribution >= 4 is 17.5 Å². The molecule has 2 aromatic carbocycles. The van der Waals surface area contributed by atoms with E-state index in [1.165, 1.54) is 0 Å². The molecule has 0 saturated carbocycles. The van der Waals surface area contributed by atoms with E-state index < -0.39 is 0 Å². The number of anilines is 2. The second kappa shape index (κ2) is 9.70. The van der Waals surface area contributed by atoms with Crippen LogP contribution in [-0.4, -0.2) is 55.6 Å². The van der Waals surface area contributed by atoms with Crippen molar-refractivity contribution in [1.82, 2.24) is 10.3 Å². The highest BCUT2D eigenvalue weighted by Gasteiger charge is 2.32. The van der Waals surface area contributed by atoms with Gasteiger partial charge < -0.3 is 19.9 Å². The van der Waals surface area contributed by atoms with Crippen molar-refractivity contribution < 1.29 is 19.4 Å². The van der Waals surface area contributed by atoms with Gasteiger partial charge in [0.1, 0.15) is 19.0 Å². The molecule has 0 spiro atoms. The number of fused-ring (bicyclic) bond motifs is 1. The van der Waals surface area contributed by atoms with Gasteiger partial charge in [0.15, 0.2) is 11.5 Å². The molecule has 0 bridgehead atoms. The summed E-state index contributed by atoms with van der Waals surface area (Å²) in [5.41, 5.74) is 5.01. The number of benzene rings is 2. The van der Waals surface area contributed by atoms with Gasteiger partial charge in [-0.05, 0) is 53.4 Å². The van der Waals surface area contributed by atoms with E-state index in [0.717, 1.165) is 39.4 Å². The molecule has 2 aliphatic rings. The molecule has 34 heavy (non-hydrogen) atoms. The second-order valence-electron chi connectivity index (χ2n) is 8.32. The summed E-state index contributed by atoms with van der Waals surface area (Å²) in [7, 11) is 0. The van der Waals surface area contributed by atoms with Gasteiger partial charge >= 0.3 is 6.03 Å². The number of aliphatic hydroxyl groups excluding tert-OH is 1. The van der Waals surface area contributed by atoms with Crippen LogP contribution < -0.4 is 24.6 Å². The van der Waals surface area contributed by atoms with Crippen molar-refractivity contribution in [2.24, 2.45) is 0 Å². The van der Waals surface area contributed by atoms with Crippen LogP contribution in [0.1, 0.15) is 11.1 Å². The molecule has 0 radical (unpaired) electrons. The third-order valence-corrected chi connectivity index (χ3v) is 6.16. The molecular formula is C26H28N4O4. The van der Waals surface area contributed by atoms with Crippen LogP contribution in [0, 0.1) is 6.92 Å². The van der Waals surface area contributed by atoms with Crippen molar-refractivity contribution in [2.45, 2.75) is 13.5 Å². The lowest BCUT2D eigenvalue weighted by molar-refractivity contribution is 0.171. The van der Waals surface area contributed by atoms with E-state index in [0.29, 0.717) is 45.2 Å². The average molecular weight is 461 g/mol. The van der Waals surface area contributed by atoms with Gasteiger partial charge in [-0.1, -0.05) is 24.3 Å². The molecule has 3 heterocycles. The molecule has 1 fully saturated rings. The molecule has 2 amide bonds. The second-order valence-corrected chi connectivity index (χ2v) is 8.32. The summed E-state index contributed by atoms with van der Waals surface area (Å²) in [6, 6.07) is 15.7. The molecule has 0 atom stereocenters. The lowest BCUT2D eigenvalue weighted by Crippen LogP contribution is -2.32. The number of rotatable bonds is 7. The number of nitrogens with zero attached hydrogens (tertiary/aromatic N) is 3. The van der Waals surface area contributed by atoms with E-state index in [4.69, 9.17) is 14.6 Å². The van der Waals surface area contributed by atoms with Gasteiger partial charge in [-0.2, -0.15) is 0 Å². The highest BCUT2D eigenvalue weighted by Crippen LogP contribution is 2.38. The SMILES string of the molecule is Cc1c(-c2ccc3c(c2)OCCO3)cccc1N1CCN(c2ccc(CNCCO)cn2)C1=O. The summed E-state index contributed by atoms with van der Waals surface area (Å²) in [6.07, 6.45) is 1.77. The zero-order valence-corrected chi connectivity index (χ0v) is 19.2. The fourth-order valence-electron chi connectivity index (χ4n) is 4.41. The Labute approximate surface area is 198 Å². The quantitative estimate of drug-likeness (QED) is 0.526. The Hall–Kier alpha value is -3.62. The molecule has 1 saturated heterocycles. The largest absolute Gasteiger partial charge is 0.486 e. The maximum Gasteiger partial charge on any atom is 0.330 e.